The predicted octanol–water partition coefficient (Wildman–Crippen LogP) is 0.808. The van der Waals surface area contributed by atoms with Crippen molar-refractivity contribution in [2.45, 2.75) is 53.6 Å². The highest BCUT2D eigenvalue weighted by molar-refractivity contribution is 8.03. The van der Waals surface area contributed by atoms with Crippen LogP contribution in [0.15, 0.2) is 12.7 Å². The van der Waals surface area contributed by atoms with Crippen molar-refractivity contribution in [1.29, 1.82) is 0 Å². The van der Waals surface area contributed by atoms with Gasteiger partial charge < -0.3 is 4.74 Å². The molecule has 3 rings (SSSR count). The second kappa shape index (κ2) is 5.40. The van der Waals surface area contributed by atoms with Crippen molar-refractivity contribution in [1.82, 2.24) is 0 Å². The number of carbonyl (C=O) groups is 2. The fraction of sp³-hybridized carbons (Fsp3) is 0.692. The van der Waals surface area contributed by atoms with Gasteiger partial charge in [-0.15, -0.1) is 11.8 Å². The van der Waals surface area contributed by atoms with Gasteiger partial charge in [-0.05, 0) is 18.9 Å². The van der Waals surface area contributed by atoms with Crippen molar-refractivity contribution >= 4 is 33.6 Å². The highest BCUT2D eigenvalue weighted by Crippen LogP contribution is 2.55. The summed E-state index contributed by atoms with van der Waals surface area (Å²) in [4.78, 5) is 22.9. The summed E-state index contributed by atoms with van der Waals surface area (Å²) in [6.45, 7) is 3.36. The largest absolute Gasteiger partial charge is 0.458 e. The Hall–Kier alpha value is -0.860. The molecule has 0 aromatic rings. The number of hydrogen-bond acceptors (Lipinski definition) is 7. The molecule has 0 aromatic heterocycles. The molecule has 0 amide bonds. The lowest BCUT2D eigenvalue weighted by Crippen LogP contribution is -2.41. The quantitative estimate of drug-likeness (QED) is 0.404. The highest BCUT2D eigenvalue weighted by Gasteiger charge is 2.66. The number of allylic oxidation sites excluding steroid dienone is 1. The zero-order valence-corrected chi connectivity index (χ0v) is 12.9. The van der Waals surface area contributed by atoms with Gasteiger partial charge in [0.15, 0.2) is 5.78 Å². The first-order valence-electron chi connectivity index (χ1n) is 6.84. The molecule has 3 saturated heterocycles. The Labute approximate surface area is 127 Å². The fourth-order valence-corrected chi connectivity index (χ4v) is 7.23. The van der Waals surface area contributed by atoms with Gasteiger partial charge in [0.2, 0.25) is 0 Å². The van der Waals surface area contributed by atoms with Gasteiger partial charge in [-0.25, -0.2) is 0 Å². The summed E-state index contributed by atoms with van der Waals surface area (Å²) in [5.74, 6) is -0.513. The lowest BCUT2D eigenvalue weighted by molar-refractivity contribution is -0.153. The maximum Gasteiger partial charge on any atom is 0.306 e. The van der Waals surface area contributed by atoms with Gasteiger partial charge in [-0.3, -0.25) is 13.8 Å². The number of esters is 1. The van der Waals surface area contributed by atoms with Crippen LogP contribution in [0.2, 0.25) is 0 Å². The summed E-state index contributed by atoms with van der Waals surface area (Å²) < 4.78 is 34.0. The minimum absolute atomic E-state index is 0.000956. The molecule has 5 unspecified atom stereocenters. The van der Waals surface area contributed by atoms with E-state index in [4.69, 9.17) is 8.92 Å². The molecule has 0 spiro atoms. The third-order valence-electron chi connectivity index (χ3n) is 4.09. The van der Waals surface area contributed by atoms with E-state index in [0.29, 0.717) is 12.8 Å². The molecule has 3 heterocycles. The second-order valence-corrected chi connectivity index (χ2v) is 8.65. The molecule has 3 aliphatic heterocycles. The van der Waals surface area contributed by atoms with E-state index < -0.39 is 33.5 Å². The average molecular weight is 332 g/mol. The van der Waals surface area contributed by atoms with Crippen LogP contribution in [-0.2, 0) is 28.6 Å². The Balaban J connectivity index is 1.54. The highest BCUT2D eigenvalue weighted by atomic mass is 32.2. The van der Waals surface area contributed by atoms with Gasteiger partial charge in [0.1, 0.15) is 17.5 Å². The third kappa shape index (κ3) is 2.64. The van der Waals surface area contributed by atoms with E-state index in [2.05, 4.69) is 6.58 Å². The molecule has 8 heteroatoms. The van der Waals surface area contributed by atoms with E-state index in [9.17, 15) is 18.0 Å². The first-order valence-corrected chi connectivity index (χ1v) is 9.26. The minimum atomic E-state index is -3.50. The normalized spacial score (nSPS) is 38.4. The molecule has 0 aliphatic carbocycles. The van der Waals surface area contributed by atoms with Crippen LogP contribution in [-0.4, -0.2) is 48.1 Å². The Morgan fingerprint density at radius 3 is 2.86 bits per heavy atom. The first kappa shape index (κ1) is 15.1. The number of thioether (sulfide) groups is 1. The van der Waals surface area contributed by atoms with Crippen LogP contribution in [0.5, 0.6) is 0 Å². The van der Waals surface area contributed by atoms with Crippen molar-refractivity contribution in [3.05, 3.63) is 12.7 Å². The van der Waals surface area contributed by atoms with Crippen LogP contribution >= 0.6 is 11.8 Å². The van der Waals surface area contributed by atoms with Crippen LogP contribution in [0.1, 0.15) is 25.7 Å². The van der Waals surface area contributed by atoms with E-state index in [1.54, 1.807) is 11.8 Å². The maximum absolute atomic E-state index is 11.8. The minimum Gasteiger partial charge on any atom is -0.458 e. The van der Waals surface area contributed by atoms with E-state index in [1.165, 1.54) is 6.08 Å². The van der Waals surface area contributed by atoms with Gasteiger partial charge in [0, 0.05) is 18.1 Å². The van der Waals surface area contributed by atoms with Gasteiger partial charge in [-0.2, -0.15) is 8.42 Å². The van der Waals surface area contributed by atoms with Crippen LogP contribution in [0.4, 0.5) is 0 Å². The lowest BCUT2D eigenvalue weighted by Gasteiger charge is -2.23. The molecule has 3 fully saturated rings. The fourth-order valence-electron chi connectivity index (χ4n) is 3.09. The zero-order chi connectivity index (χ0) is 15.2. The lowest BCUT2D eigenvalue weighted by atomic mass is 9.94. The molecule has 2 bridgehead atoms. The molecular weight excluding hydrogens is 316 g/mol. The monoisotopic (exact) mass is 332 g/mol. The molecule has 6 nitrogen and oxygen atoms in total. The van der Waals surface area contributed by atoms with Gasteiger partial charge in [-0.1, -0.05) is 6.58 Å². The standard InChI is InChI=1S/C13H16O6S2/c1-2-7(14)4-3-5-10(15)18-11-8-6-9-13(20-8)12(11)19-21(9,16)17/h2,8-9,11-13H,1,3-6H2. The van der Waals surface area contributed by atoms with Crippen molar-refractivity contribution in [3.63, 3.8) is 0 Å². The molecule has 0 radical (unpaired) electrons. The van der Waals surface area contributed by atoms with Crippen molar-refractivity contribution < 1.29 is 26.9 Å². The molecular formula is C13H16O6S2. The number of rotatable bonds is 6. The van der Waals surface area contributed by atoms with Crippen molar-refractivity contribution in [3.8, 4) is 0 Å². The molecule has 0 aromatic carbocycles. The zero-order valence-electron chi connectivity index (χ0n) is 11.3. The first-order chi connectivity index (χ1) is 9.92. The number of ketones is 1. The van der Waals surface area contributed by atoms with Crippen molar-refractivity contribution in [2.75, 3.05) is 0 Å². The van der Waals surface area contributed by atoms with Crippen LogP contribution in [0.3, 0.4) is 0 Å². The van der Waals surface area contributed by atoms with E-state index >= 15 is 0 Å². The SMILES string of the molecule is C=CC(=O)CCCC(=O)OC1C2CC3C(S2)C1OS3(=O)=O. The van der Waals surface area contributed by atoms with Crippen LogP contribution in [0.25, 0.3) is 0 Å². The summed E-state index contributed by atoms with van der Waals surface area (Å²) >= 11 is 1.55. The Morgan fingerprint density at radius 2 is 2.14 bits per heavy atom. The Kier molecular flexibility index (Phi) is 3.87. The molecule has 0 saturated carbocycles. The van der Waals surface area contributed by atoms with E-state index in [-0.39, 0.29) is 29.1 Å². The van der Waals surface area contributed by atoms with Crippen LogP contribution < -0.4 is 0 Å². The number of fused-ring (bicyclic) bond motifs is 1. The Morgan fingerprint density at radius 1 is 1.38 bits per heavy atom. The summed E-state index contributed by atoms with van der Waals surface area (Å²) in [5.41, 5.74) is 0. The number of hydrogen-bond donors (Lipinski definition) is 0. The molecule has 0 N–H and O–H groups in total. The van der Waals surface area contributed by atoms with Gasteiger partial charge in [0.05, 0.1) is 5.25 Å². The third-order valence-corrected chi connectivity index (χ3v) is 7.70. The second-order valence-electron chi connectivity index (χ2n) is 5.45. The molecule has 21 heavy (non-hydrogen) atoms. The number of ether oxygens (including phenoxy) is 1. The summed E-state index contributed by atoms with van der Waals surface area (Å²) in [5, 5.41) is -0.557. The predicted molar refractivity (Wildman–Crippen MR) is 76.3 cm³/mol. The topological polar surface area (TPSA) is 86.7 Å². The van der Waals surface area contributed by atoms with Gasteiger partial charge >= 0.3 is 5.97 Å². The summed E-state index contributed by atoms with van der Waals surface area (Å²) in [7, 11) is -3.50. The summed E-state index contributed by atoms with van der Waals surface area (Å²) in [6.07, 6.45) is 1.50. The Bertz CT molecular complexity index is 583. The molecule has 116 valence electrons. The maximum atomic E-state index is 11.8. The van der Waals surface area contributed by atoms with Crippen molar-refractivity contribution in [2.24, 2.45) is 0 Å². The van der Waals surface area contributed by atoms with E-state index in [1.807, 2.05) is 0 Å². The average Bonchev–Trinajstić information content (AvgIpc) is 3.02. The molecule has 5 atom stereocenters. The van der Waals surface area contributed by atoms with Gasteiger partial charge in [0.25, 0.3) is 10.1 Å². The summed E-state index contributed by atoms with van der Waals surface area (Å²) in [6, 6.07) is 0. The van der Waals surface area contributed by atoms with Crippen LogP contribution in [0, 0.1) is 0 Å². The van der Waals surface area contributed by atoms with E-state index in [0.717, 1.165) is 0 Å². The molecule has 3 aliphatic rings. The smallest absolute Gasteiger partial charge is 0.306 e. The number of carbonyl (C=O) groups excluding carboxylic acids is 2.